The van der Waals surface area contributed by atoms with E-state index >= 15 is 0 Å². The van der Waals surface area contributed by atoms with Crippen molar-refractivity contribution in [3.63, 3.8) is 0 Å². The Kier molecular flexibility index (Phi) is 4.58. The van der Waals surface area contributed by atoms with E-state index in [0.29, 0.717) is 11.4 Å². The maximum absolute atomic E-state index is 11.5. The molecule has 0 aromatic carbocycles. The Morgan fingerprint density at radius 2 is 1.65 bits per heavy atom. The number of anilines is 2. The van der Waals surface area contributed by atoms with Crippen LogP contribution >= 0.6 is 0 Å². The highest BCUT2D eigenvalue weighted by Gasteiger charge is 2.01. The van der Waals surface area contributed by atoms with E-state index in [4.69, 9.17) is 0 Å². The lowest BCUT2D eigenvalue weighted by Crippen LogP contribution is -2.19. The van der Waals surface area contributed by atoms with Crippen molar-refractivity contribution >= 4 is 17.4 Å². The van der Waals surface area contributed by atoms with Gasteiger partial charge in [0.15, 0.2) is 0 Å². The predicted molar refractivity (Wildman–Crippen MR) is 64.7 cm³/mol. The molecule has 2 aromatic rings. The van der Waals surface area contributed by atoms with Crippen molar-refractivity contribution in [1.82, 2.24) is 9.97 Å². The molecule has 0 saturated heterocycles. The highest BCUT2D eigenvalue weighted by atomic mass is 16.2. The van der Waals surface area contributed by atoms with Gasteiger partial charge >= 0.3 is 6.03 Å². The average molecular weight is 232 g/mol. The summed E-state index contributed by atoms with van der Waals surface area (Å²) in [4.78, 5) is 19.3. The first-order chi connectivity index (χ1) is 7.84. The predicted octanol–water partition coefficient (Wildman–Crippen LogP) is 1.30. The summed E-state index contributed by atoms with van der Waals surface area (Å²) in [6.45, 7) is 0. The zero-order valence-electron chi connectivity index (χ0n) is 8.92. The molecule has 6 nitrogen and oxygen atoms in total. The van der Waals surface area contributed by atoms with Gasteiger partial charge in [-0.05, 0) is 24.3 Å². The first kappa shape index (κ1) is 12.6. The van der Waals surface area contributed by atoms with Crippen LogP contribution in [-0.4, -0.2) is 21.5 Å². The summed E-state index contributed by atoms with van der Waals surface area (Å²) in [6, 6.07) is 6.63. The van der Waals surface area contributed by atoms with E-state index in [1.54, 1.807) is 49.1 Å². The van der Waals surface area contributed by atoms with Crippen LogP contribution in [0.5, 0.6) is 0 Å². The van der Waals surface area contributed by atoms with Gasteiger partial charge in [-0.3, -0.25) is 9.97 Å². The zero-order valence-corrected chi connectivity index (χ0v) is 8.92. The molecule has 0 spiro atoms. The van der Waals surface area contributed by atoms with E-state index in [1.807, 2.05) is 0 Å². The molecule has 0 atom stereocenters. The molecule has 2 aromatic heterocycles. The van der Waals surface area contributed by atoms with Gasteiger partial charge in [-0.15, -0.1) is 0 Å². The molecule has 0 aliphatic carbocycles. The van der Waals surface area contributed by atoms with Crippen molar-refractivity contribution in [2.24, 2.45) is 0 Å². The van der Waals surface area contributed by atoms with Gasteiger partial charge in [0.1, 0.15) is 0 Å². The minimum absolute atomic E-state index is 0. The molecule has 17 heavy (non-hydrogen) atoms. The van der Waals surface area contributed by atoms with Crippen LogP contribution in [0.3, 0.4) is 0 Å². The third-order valence-corrected chi connectivity index (χ3v) is 1.86. The molecule has 6 heteroatoms. The monoisotopic (exact) mass is 232 g/mol. The van der Waals surface area contributed by atoms with Crippen LogP contribution in [0.2, 0.25) is 0 Å². The minimum atomic E-state index is -0.306. The largest absolute Gasteiger partial charge is 0.412 e. The number of nitrogens with one attached hydrogen (secondary N) is 2. The third kappa shape index (κ3) is 3.88. The Bertz CT molecular complexity index is 418. The number of hydrogen-bond donors (Lipinski definition) is 2. The molecule has 0 saturated carbocycles. The lowest BCUT2D eigenvalue weighted by molar-refractivity contribution is 0.262. The van der Waals surface area contributed by atoms with Crippen molar-refractivity contribution in [1.29, 1.82) is 0 Å². The SMILES string of the molecule is O.O=C(Nc1ccncc1)Nc1cccnc1. The number of pyridine rings is 2. The highest BCUT2D eigenvalue weighted by molar-refractivity contribution is 5.99. The third-order valence-electron chi connectivity index (χ3n) is 1.86. The van der Waals surface area contributed by atoms with Crippen molar-refractivity contribution in [3.8, 4) is 0 Å². The van der Waals surface area contributed by atoms with Gasteiger partial charge in [-0.25, -0.2) is 4.79 Å². The van der Waals surface area contributed by atoms with Crippen molar-refractivity contribution in [2.75, 3.05) is 10.6 Å². The van der Waals surface area contributed by atoms with Crippen LogP contribution in [0.25, 0.3) is 0 Å². The topological polar surface area (TPSA) is 98.4 Å². The molecule has 0 aliphatic rings. The van der Waals surface area contributed by atoms with E-state index in [1.165, 1.54) is 0 Å². The molecule has 2 rings (SSSR count). The maximum Gasteiger partial charge on any atom is 0.323 e. The molecular weight excluding hydrogens is 220 g/mol. The summed E-state index contributed by atoms with van der Waals surface area (Å²) < 4.78 is 0. The van der Waals surface area contributed by atoms with Gasteiger partial charge in [0, 0.05) is 24.3 Å². The zero-order chi connectivity index (χ0) is 11.2. The number of amides is 2. The summed E-state index contributed by atoms with van der Waals surface area (Å²) in [7, 11) is 0. The second-order valence-electron chi connectivity index (χ2n) is 3.06. The smallest absolute Gasteiger partial charge is 0.323 e. The van der Waals surface area contributed by atoms with E-state index in [9.17, 15) is 4.79 Å². The molecule has 0 unspecified atom stereocenters. The molecule has 4 N–H and O–H groups in total. The summed E-state index contributed by atoms with van der Waals surface area (Å²) in [6.07, 6.45) is 6.44. The number of aromatic nitrogens is 2. The molecule has 0 bridgehead atoms. The summed E-state index contributed by atoms with van der Waals surface area (Å²) in [5, 5.41) is 5.33. The number of urea groups is 1. The molecule has 0 radical (unpaired) electrons. The molecule has 88 valence electrons. The highest BCUT2D eigenvalue weighted by Crippen LogP contribution is 2.06. The summed E-state index contributed by atoms with van der Waals surface area (Å²) >= 11 is 0. The van der Waals surface area contributed by atoms with Crippen molar-refractivity contribution in [2.45, 2.75) is 0 Å². The van der Waals surface area contributed by atoms with Crippen LogP contribution in [-0.2, 0) is 0 Å². The maximum atomic E-state index is 11.5. The quantitative estimate of drug-likeness (QED) is 0.816. The second-order valence-corrected chi connectivity index (χ2v) is 3.06. The Morgan fingerprint density at radius 3 is 2.29 bits per heavy atom. The number of nitrogens with zero attached hydrogens (tertiary/aromatic N) is 2. The number of carbonyl (C=O) groups is 1. The first-order valence-corrected chi connectivity index (χ1v) is 4.72. The molecule has 2 amide bonds. The Hall–Kier alpha value is -2.47. The fourth-order valence-electron chi connectivity index (χ4n) is 1.17. The first-order valence-electron chi connectivity index (χ1n) is 4.72. The normalized spacial score (nSPS) is 8.94. The lowest BCUT2D eigenvalue weighted by Gasteiger charge is -2.06. The minimum Gasteiger partial charge on any atom is -0.412 e. The Morgan fingerprint density at radius 1 is 0.941 bits per heavy atom. The van der Waals surface area contributed by atoms with Crippen LogP contribution in [0.1, 0.15) is 0 Å². The fraction of sp³-hybridized carbons (Fsp3) is 0. The van der Waals surface area contributed by atoms with Crippen LogP contribution < -0.4 is 10.6 Å². The molecule has 0 aliphatic heterocycles. The molecular formula is C11H12N4O2. The number of carbonyl (C=O) groups excluding carboxylic acids is 1. The Balaban J connectivity index is 0.00000144. The van der Waals surface area contributed by atoms with E-state index < -0.39 is 0 Å². The second kappa shape index (κ2) is 6.19. The fourth-order valence-corrected chi connectivity index (χ4v) is 1.17. The molecule has 2 heterocycles. The van der Waals surface area contributed by atoms with E-state index in [-0.39, 0.29) is 11.5 Å². The standard InChI is InChI=1S/C11H10N4O.H2O/c16-11(14-9-3-6-12-7-4-9)15-10-2-1-5-13-8-10;/h1-8H,(H2,12,14,15,16);1H2. The van der Waals surface area contributed by atoms with Gasteiger partial charge < -0.3 is 16.1 Å². The van der Waals surface area contributed by atoms with E-state index in [2.05, 4.69) is 20.6 Å². The van der Waals surface area contributed by atoms with Crippen molar-refractivity contribution < 1.29 is 10.3 Å². The van der Waals surface area contributed by atoms with Crippen molar-refractivity contribution in [3.05, 3.63) is 49.1 Å². The number of rotatable bonds is 2. The lowest BCUT2D eigenvalue weighted by atomic mass is 10.4. The van der Waals surface area contributed by atoms with Crippen LogP contribution in [0.4, 0.5) is 16.2 Å². The summed E-state index contributed by atoms with van der Waals surface area (Å²) in [5.41, 5.74) is 1.34. The van der Waals surface area contributed by atoms with Gasteiger partial charge in [-0.1, -0.05) is 0 Å². The van der Waals surface area contributed by atoms with Gasteiger partial charge in [0.05, 0.1) is 11.9 Å². The van der Waals surface area contributed by atoms with Gasteiger partial charge in [-0.2, -0.15) is 0 Å². The number of hydrogen-bond acceptors (Lipinski definition) is 3. The van der Waals surface area contributed by atoms with Gasteiger partial charge in [0.25, 0.3) is 0 Å². The van der Waals surface area contributed by atoms with Gasteiger partial charge in [0.2, 0.25) is 0 Å². The Labute approximate surface area is 98.0 Å². The average Bonchev–Trinajstić information content (AvgIpc) is 2.31. The van der Waals surface area contributed by atoms with Crippen LogP contribution in [0, 0.1) is 0 Å². The van der Waals surface area contributed by atoms with E-state index in [0.717, 1.165) is 0 Å². The van der Waals surface area contributed by atoms with Crippen LogP contribution in [0.15, 0.2) is 49.1 Å². The molecule has 0 fully saturated rings. The summed E-state index contributed by atoms with van der Waals surface area (Å²) in [5.74, 6) is 0.